The smallest absolute Gasteiger partial charge is 0.410 e. The first-order valence-electron chi connectivity index (χ1n) is 13.1. The van der Waals surface area contributed by atoms with Crippen LogP contribution in [0.4, 0.5) is 9.59 Å². The van der Waals surface area contributed by atoms with Crippen molar-refractivity contribution in [1.82, 2.24) is 9.80 Å². The van der Waals surface area contributed by atoms with E-state index in [-0.39, 0.29) is 12.7 Å². The van der Waals surface area contributed by atoms with E-state index in [2.05, 4.69) is 59.9 Å². The SMILES string of the molecule is BrCc1cccc(Br)c1.CN(CCO)C(=O)OC(C)(C)C.CN(CCOCc1cccc(Br)c1)C(=O)OC(C)(C)C. The molecule has 11 heteroatoms. The first-order valence-corrected chi connectivity index (χ1v) is 15.8. The van der Waals surface area contributed by atoms with Crippen molar-refractivity contribution in [2.24, 2.45) is 0 Å². The molecule has 0 saturated heterocycles. The van der Waals surface area contributed by atoms with E-state index >= 15 is 0 Å². The van der Waals surface area contributed by atoms with E-state index in [1.165, 1.54) is 15.4 Å². The number of aliphatic hydroxyl groups excluding tert-OH is 1. The summed E-state index contributed by atoms with van der Waals surface area (Å²) in [6.07, 6.45) is -0.736. The molecule has 2 aromatic rings. The molecule has 0 aliphatic carbocycles. The van der Waals surface area contributed by atoms with Crippen LogP contribution in [0.1, 0.15) is 52.7 Å². The zero-order valence-electron chi connectivity index (χ0n) is 25.4. The summed E-state index contributed by atoms with van der Waals surface area (Å²) >= 11 is 10.2. The van der Waals surface area contributed by atoms with Crippen LogP contribution in [0.25, 0.3) is 0 Å². The van der Waals surface area contributed by atoms with E-state index in [1.807, 2.05) is 57.2 Å². The Balaban J connectivity index is 0.000000645. The van der Waals surface area contributed by atoms with E-state index in [0.29, 0.717) is 26.3 Å². The largest absolute Gasteiger partial charge is 0.444 e. The number of benzene rings is 2. The zero-order valence-corrected chi connectivity index (χ0v) is 30.1. The van der Waals surface area contributed by atoms with Crippen molar-refractivity contribution >= 4 is 60.0 Å². The van der Waals surface area contributed by atoms with Crippen molar-refractivity contribution in [1.29, 1.82) is 0 Å². The summed E-state index contributed by atoms with van der Waals surface area (Å²) in [6, 6.07) is 16.2. The first kappa shape index (κ1) is 39.3. The third-order valence-electron chi connectivity index (χ3n) is 4.62. The minimum absolute atomic E-state index is 0.0459. The molecule has 41 heavy (non-hydrogen) atoms. The van der Waals surface area contributed by atoms with Crippen LogP contribution >= 0.6 is 47.8 Å². The maximum Gasteiger partial charge on any atom is 0.410 e. The molecule has 0 unspecified atom stereocenters. The molecular formula is C30H45Br3N2O6. The van der Waals surface area contributed by atoms with Crippen LogP contribution in [-0.2, 0) is 26.1 Å². The Hall–Kier alpha value is -1.66. The van der Waals surface area contributed by atoms with Crippen molar-refractivity contribution in [2.75, 3.05) is 40.4 Å². The fourth-order valence-electron chi connectivity index (χ4n) is 2.65. The molecule has 2 aromatic carbocycles. The van der Waals surface area contributed by atoms with Gasteiger partial charge in [0.05, 0.1) is 19.8 Å². The number of hydrogen-bond donors (Lipinski definition) is 1. The van der Waals surface area contributed by atoms with Gasteiger partial charge in [0.25, 0.3) is 0 Å². The minimum atomic E-state index is -0.471. The van der Waals surface area contributed by atoms with Gasteiger partial charge in [0.2, 0.25) is 0 Å². The van der Waals surface area contributed by atoms with Gasteiger partial charge >= 0.3 is 12.2 Å². The van der Waals surface area contributed by atoms with Crippen LogP contribution in [0.5, 0.6) is 0 Å². The second-order valence-electron chi connectivity index (χ2n) is 11.0. The lowest BCUT2D eigenvalue weighted by Gasteiger charge is -2.24. The molecule has 0 radical (unpaired) electrons. The maximum absolute atomic E-state index is 11.7. The van der Waals surface area contributed by atoms with Crippen LogP contribution in [0.15, 0.2) is 57.5 Å². The van der Waals surface area contributed by atoms with Crippen LogP contribution in [0.3, 0.4) is 0 Å². The van der Waals surface area contributed by atoms with Crippen LogP contribution < -0.4 is 0 Å². The van der Waals surface area contributed by atoms with Crippen LogP contribution in [-0.4, -0.2) is 78.7 Å². The molecule has 0 aliphatic heterocycles. The predicted octanol–water partition coefficient (Wildman–Crippen LogP) is 8.02. The quantitative estimate of drug-likeness (QED) is 0.216. The number of aliphatic hydroxyl groups is 1. The molecule has 2 rings (SSSR count). The molecule has 0 saturated carbocycles. The Morgan fingerprint density at radius 2 is 1.22 bits per heavy atom. The summed E-state index contributed by atoms with van der Waals surface area (Å²) in [5, 5.41) is 9.46. The van der Waals surface area contributed by atoms with Crippen molar-refractivity contribution in [3.8, 4) is 0 Å². The lowest BCUT2D eigenvalue weighted by Crippen LogP contribution is -2.36. The summed E-state index contributed by atoms with van der Waals surface area (Å²) in [5.74, 6) is 0. The molecule has 8 nitrogen and oxygen atoms in total. The highest BCUT2D eigenvalue weighted by Crippen LogP contribution is 2.14. The number of alkyl halides is 1. The second kappa shape index (κ2) is 20.3. The summed E-state index contributed by atoms with van der Waals surface area (Å²) < 4.78 is 18.0. The van der Waals surface area contributed by atoms with E-state index in [1.54, 1.807) is 34.9 Å². The monoisotopic (exact) mass is 766 g/mol. The number of rotatable bonds is 8. The molecule has 232 valence electrons. The molecule has 0 fully saturated rings. The molecule has 1 N–H and O–H groups in total. The zero-order chi connectivity index (χ0) is 31.6. The van der Waals surface area contributed by atoms with Crippen molar-refractivity contribution in [3.05, 3.63) is 68.6 Å². The number of hydrogen-bond acceptors (Lipinski definition) is 6. The molecule has 0 heterocycles. The molecule has 2 amide bonds. The van der Waals surface area contributed by atoms with Gasteiger partial charge in [-0.1, -0.05) is 72.1 Å². The van der Waals surface area contributed by atoms with Crippen molar-refractivity contribution < 1.29 is 28.9 Å². The van der Waals surface area contributed by atoms with E-state index in [9.17, 15) is 9.59 Å². The number of carbonyl (C=O) groups excluding carboxylic acids is 2. The first-order chi connectivity index (χ1) is 19.0. The lowest BCUT2D eigenvalue weighted by atomic mass is 10.2. The molecule has 0 aromatic heterocycles. The van der Waals surface area contributed by atoms with Gasteiger partial charge in [-0.25, -0.2) is 9.59 Å². The average molecular weight is 769 g/mol. The standard InChI is InChI=1S/C15H22BrNO3.C8H17NO3.C7H6Br2/c1-15(2,3)20-14(18)17(4)8-9-19-11-12-6-5-7-13(16)10-12;1-8(2,3)12-7(11)9(4)5-6-10;8-5-6-2-1-3-7(9)4-6/h5-7,10H,8-9,11H2,1-4H3;10H,5-6H2,1-4H3;1-4H,5H2. The topological polar surface area (TPSA) is 88.5 Å². The second-order valence-corrected chi connectivity index (χ2v) is 13.4. The number of carbonyl (C=O) groups is 2. The van der Waals surface area contributed by atoms with Gasteiger partial charge in [0.1, 0.15) is 11.2 Å². The Kier molecular flexibility index (Phi) is 19.5. The Bertz CT molecular complexity index is 1040. The van der Waals surface area contributed by atoms with Crippen LogP contribution in [0, 0.1) is 0 Å². The highest BCUT2D eigenvalue weighted by molar-refractivity contribution is 9.10. The van der Waals surface area contributed by atoms with Gasteiger partial charge in [-0.3, -0.25) is 0 Å². The molecule has 0 aliphatic rings. The average Bonchev–Trinajstić information content (AvgIpc) is 2.85. The Morgan fingerprint density at radius 3 is 1.61 bits per heavy atom. The number of amides is 2. The fourth-order valence-corrected chi connectivity index (χ4v) is 3.89. The highest BCUT2D eigenvalue weighted by atomic mass is 79.9. The minimum Gasteiger partial charge on any atom is -0.444 e. The maximum atomic E-state index is 11.7. The summed E-state index contributed by atoms with van der Waals surface area (Å²) in [7, 11) is 3.29. The number of nitrogens with zero attached hydrogens (tertiary/aromatic N) is 2. The summed E-state index contributed by atoms with van der Waals surface area (Å²) in [4.78, 5) is 25.7. The third kappa shape index (κ3) is 21.7. The highest BCUT2D eigenvalue weighted by Gasteiger charge is 2.19. The fraction of sp³-hybridized carbons (Fsp3) is 0.533. The van der Waals surface area contributed by atoms with Crippen LogP contribution in [0.2, 0.25) is 0 Å². The van der Waals surface area contributed by atoms with Gasteiger partial charge in [-0.2, -0.15) is 0 Å². The van der Waals surface area contributed by atoms with Gasteiger partial charge in [0.15, 0.2) is 0 Å². The van der Waals surface area contributed by atoms with E-state index < -0.39 is 17.3 Å². The van der Waals surface area contributed by atoms with Crippen molar-refractivity contribution in [2.45, 2.75) is 64.7 Å². The van der Waals surface area contributed by atoms with Crippen molar-refractivity contribution in [3.63, 3.8) is 0 Å². The molecular weight excluding hydrogens is 724 g/mol. The van der Waals surface area contributed by atoms with Gasteiger partial charge in [-0.15, -0.1) is 0 Å². The van der Waals surface area contributed by atoms with E-state index in [4.69, 9.17) is 19.3 Å². The van der Waals surface area contributed by atoms with E-state index in [0.717, 1.165) is 19.8 Å². The predicted molar refractivity (Wildman–Crippen MR) is 175 cm³/mol. The number of likely N-dealkylation sites (N-methyl/N-ethyl adjacent to an activating group) is 2. The summed E-state index contributed by atoms with van der Waals surface area (Å²) in [6.45, 7) is 12.7. The van der Waals surface area contributed by atoms with Gasteiger partial charge in [0, 0.05) is 41.5 Å². The molecule has 0 bridgehead atoms. The normalized spacial score (nSPS) is 10.8. The number of halogens is 3. The summed E-state index contributed by atoms with van der Waals surface area (Å²) in [5.41, 5.74) is 1.45. The van der Waals surface area contributed by atoms with Gasteiger partial charge in [-0.05, 0) is 76.9 Å². The lowest BCUT2D eigenvalue weighted by molar-refractivity contribution is 0.0220. The molecule has 0 spiro atoms. The van der Waals surface area contributed by atoms with Gasteiger partial charge < -0.3 is 29.1 Å². The third-order valence-corrected chi connectivity index (χ3v) is 6.25. The number of ether oxygens (including phenoxy) is 3. The Morgan fingerprint density at radius 1 is 0.780 bits per heavy atom. The molecule has 0 atom stereocenters. The Labute approximate surface area is 271 Å².